The van der Waals surface area contributed by atoms with Gasteiger partial charge in [-0.05, 0) is 36.2 Å². The highest BCUT2D eigenvalue weighted by Gasteiger charge is 2.35. The quantitative estimate of drug-likeness (QED) is 0.660. The molecule has 2 aliphatic heterocycles. The van der Waals surface area contributed by atoms with Crippen LogP contribution in [0.15, 0.2) is 70.1 Å². The molecule has 9 nitrogen and oxygen atoms in total. The van der Waals surface area contributed by atoms with Gasteiger partial charge in [0.05, 0.1) is 24.4 Å². The van der Waals surface area contributed by atoms with Gasteiger partial charge in [0.2, 0.25) is 12.1 Å². The van der Waals surface area contributed by atoms with E-state index < -0.39 is 6.23 Å². The Morgan fingerprint density at radius 3 is 2.57 bits per heavy atom. The molecule has 2 aromatic rings. The summed E-state index contributed by atoms with van der Waals surface area (Å²) in [5.74, 6) is 1.66. The summed E-state index contributed by atoms with van der Waals surface area (Å²) in [6.07, 6.45) is 0.318. The van der Waals surface area contributed by atoms with Gasteiger partial charge in [-0.25, -0.2) is 4.99 Å². The third-order valence-electron chi connectivity index (χ3n) is 5.81. The van der Waals surface area contributed by atoms with E-state index in [9.17, 15) is 4.79 Å². The zero-order chi connectivity index (χ0) is 25.1. The number of ether oxygens (including phenoxy) is 2. The monoisotopic (exact) mass is 476 g/mol. The number of nitrogens with zero attached hydrogens (tertiary/aromatic N) is 5. The van der Waals surface area contributed by atoms with Crippen LogP contribution < -0.4 is 10.5 Å². The molecule has 0 aliphatic carbocycles. The summed E-state index contributed by atoms with van der Waals surface area (Å²) in [6, 6.07) is 15.1. The van der Waals surface area contributed by atoms with Crippen molar-refractivity contribution in [3.8, 4) is 5.75 Å². The minimum atomic E-state index is -0.587. The summed E-state index contributed by atoms with van der Waals surface area (Å²) in [5, 5.41) is 6.33. The van der Waals surface area contributed by atoms with Crippen LogP contribution in [-0.2, 0) is 4.74 Å². The summed E-state index contributed by atoms with van der Waals surface area (Å²) < 4.78 is 12.2. The average molecular weight is 477 g/mol. The molecule has 1 unspecified atom stereocenters. The van der Waals surface area contributed by atoms with Crippen molar-refractivity contribution in [3.05, 3.63) is 76.7 Å². The van der Waals surface area contributed by atoms with E-state index in [0.717, 1.165) is 29.0 Å². The molecule has 2 aromatic carbocycles. The molecule has 2 heterocycles. The average Bonchev–Trinajstić information content (AvgIpc) is 3.25. The molecule has 1 atom stereocenters. The lowest BCUT2D eigenvalue weighted by molar-refractivity contribution is 0.0827. The van der Waals surface area contributed by atoms with Gasteiger partial charge in [0.25, 0.3) is 5.91 Å². The van der Waals surface area contributed by atoms with Gasteiger partial charge in [-0.15, -0.1) is 5.10 Å². The van der Waals surface area contributed by atoms with Crippen molar-refractivity contribution >= 4 is 17.5 Å². The normalized spacial score (nSPS) is 17.7. The zero-order valence-electron chi connectivity index (χ0n) is 20.9. The Morgan fingerprint density at radius 2 is 1.89 bits per heavy atom. The standard InChI is InChI=1S/C26H32N6O3/c1-6-15-34-21-10-8-7-9-19(21)24-29-32(5)26(35-24)22-23(27)31(4)16-20(28-22)17-11-13-18(14-12-17)25(33)30(2)3/h7-14,26H,6,15-16,27H2,1-5H3. The van der Waals surface area contributed by atoms with E-state index >= 15 is 0 Å². The van der Waals surface area contributed by atoms with E-state index in [2.05, 4.69) is 12.0 Å². The van der Waals surface area contributed by atoms with Crippen LogP contribution >= 0.6 is 0 Å². The molecule has 0 fully saturated rings. The van der Waals surface area contributed by atoms with Crippen LogP contribution in [0.4, 0.5) is 0 Å². The number of carbonyl (C=O) groups is 1. The van der Waals surface area contributed by atoms with Gasteiger partial charge in [-0.1, -0.05) is 31.2 Å². The van der Waals surface area contributed by atoms with Crippen LogP contribution in [0.5, 0.6) is 5.75 Å². The van der Waals surface area contributed by atoms with Gasteiger partial charge < -0.3 is 25.0 Å². The molecule has 0 spiro atoms. The number of hydrogen-bond donors (Lipinski definition) is 1. The zero-order valence-corrected chi connectivity index (χ0v) is 20.9. The number of hydrazone groups is 1. The Bertz CT molecular complexity index is 1190. The first-order valence-electron chi connectivity index (χ1n) is 11.6. The maximum absolute atomic E-state index is 12.2. The Hall–Kier alpha value is -4.01. The molecule has 1 amide bonds. The lowest BCUT2D eigenvalue weighted by Crippen LogP contribution is -2.39. The summed E-state index contributed by atoms with van der Waals surface area (Å²) in [5.41, 5.74) is 10.2. The number of benzene rings is 2. The van der Waals surface area contributed by atoms with Crippen LogP contribution in [0.25, 0.3) is 0 Å². The highest BCUT2D eigenvalue weighted by atomic mass is 16.5. The molecule has 0 aromatic heterocycles. The summed E-state index contributed by atoms with van der Waals surface area (Å²) in [7, 11) is 7.22. The number of carbonyl (C=O) groups excluding carboxylic acids is 1. The second kappa shape index (κ2) is 10.1. The largest absolute Gasteiger partial charge is 0.493 e. The van der Waals surface area contributed by atoms with Gasteiger partial charge >= 0.3 is 0 Å². The summed E-state index contributed by atoms with van der Waals surface area (Å²) in [4.78, 5) is 20.6. The van der Waals surface area contributed by atoms with E-state index in [1.54, 1.807) is 24.0 Å². The summed E-state index contributed by atoms with van der Waals surface area (Å²) in [6.45, 7) is 3.21. The second-order valence-electron chi connectivity index (χ2n) is 8.76. The molecule has 4 rings (SSSR count). The number of aliphatic imine (C=N–C) groups is 1. The fourth-order valence-corrected chi connectivity index (χ4v) is 3.88. The first kappa shape index (κ1) is 24.1. The Morgan fingerprint density at radius 1 is 1.17 bits per heavy atom. The molecular formula is C26H32N6O3. The van der Waals surface area contributed by atoms with Crippen molar-refractivity contribution in [2.45, 2.75) is 19.6 Å². The number of amides is 1. The Labute approximate surface area is 206 Å². The number of hydrogen-bond acceptors (Lipinski definition) is 8. The smallest absolute Gasteiger partial charge is 0.253 e. The maximum Gasteiger partial charge on any atom is 0.253 e. The van der Waals surface area contributed by atoms with Crippen molar-refractivity contribution in [2.75, 3.05) is 41.3 Å². The number of likely N-dealkylation sites (N-methyl/N-ethyl adjacent to an activating group) is 2. The van der Waals surface area contributed by atoms with Gasteiger partial charge in [0, 0.05) is 33.8 Å². The van der Waals surface area contributed by atoms with Crippen LogP contribution in [0.2, 0.25) is 0 Å². The van der Waals surface area contributed by atoms with Crippen molar-refractivity contribution < 1.29 is 14.3 Å². The van der Waals surface area contributed by atoms with Crippen LogP contribution in [0, 0.1) is 0 Å². The second-order valence-corrected chi connectivity index (χ2v) is 8.76. The molecule has 2 aliphatic rings. The number of rotatable bonds is 7. The van der Waals surface area contributed by atoms with E-state index in [4.69, 9.17) is 20.2 Å². The van der Waals surface area contributed by atoms with E-state index in [1.165, 1.54) is 0 Å². The highest BCUT2D eigenvalue weighted by molar-refractivity contribution is 6.04. The van der Waals surface area contributed by atoms with E-state index in [1.807, 2.05) is 67.5 Å². The predicted octanol–water partition coefficient (Wildman–Crippen LogP) is 2.69. The lowest BCUT2D eigenvalue weighted by Gasteiger charge is -2.30. The molecule has 35 heavy (non-hydrogen) atoms. The third-order valence-corrected chi connectivity index (χ3v) is 5.81. The lowest BCUT2D eigenvalue weighted by atomic mass is 10.0. The minimum absolute atomic E-state index is 0.0436. The minimum Gasteiger partial charge on any atom is -0.493 e. The molecular weight excluding hydrogens is 444 g/mol. The van der Waals surface area contributed by atoms with Gasteiger partial charge in [0.15, 0.2) is 0 Å². The van der Waals surface area contributed by atoms with Crippen molar-refractivity contribution in [2.24, 2.45) is 15.8 Å². The number of nitrogens with two attached hydrogens (primary N) is 1. The van der Waals surface area contributed by atoms with Crippen LogP contribution in [0.1, 0.15) is 34.8 Å². The van der Waals surface area contributed by atoms with Crippen molar-refractivity contribution in [1.29, 1.82) is 0 Å². The van der Waals surface area contributed by atoms with E-state index in [-0.39, 0.29) is 5.91 Å². The molecule has 0 radical (unpaired) electrons. The van der Waals surface area contributed by atoms with Crippen molar-refractivity contribution in [1.82, 2.24) is 14.8 Å². The third kappa shape index (κ3) is 4.94. The molecule has 0 saturated heterocycles. The van der Waals surface area contributed by atoms with Gasteiger partial charge in [-0.2, -0.15) is 0 Å². The van der Waals surface area contributed by atoms with Gasteiger partial charge in [0.1, 0.15) is 17.3 Å². The van der Waals surface area contributed by atoms with Crippen LogP contribution in [-0.4, -0.2) is 79.9 Å². The fraction of sp³-hybridized carbons (Fsp3) is 0.346. The van der Waals surface area contributed by atoms with Gasteiger partial charge in [-0.3, -0.25) is 9.80 Å². The van der Waals surface area contributed by atoms with Crippen molar-refractivity contribution in [3.63, 3.8) is 0 Å². The maximum atomic E-state index is 12.2. The topological polar surface area (TPSA) is 96.0 Å². The van der Waals surface area contributed by atoms with Crippen LogP contribution in [0.3, 0.4) is 0 Å². The molecule has 0 saturated carbocycles. The number of para-hydroxylation sites is 1. The Balaban J connectivity index is 1.60. The highest BCUT2D eigenvalue weighted by Crippen LogP contribution is 2.30. The Kier molecular flexibility index (Phi) is 6.95. The SMILES string of the molecule is CCCOc1ccccc1C1=NN(C)C(C2=C(N)N(C)CC(c3ccc(C(=O)N(C)C)cc3)=N2)O1. The summed E-state index contributed by atoms with van der Waals surface area (Å²) >= 11 is 0. The molecule has 9 heteroatoms. The predicted molar refractivity (Wildman–Crippen MR) is 136 cm³/mol. The first-order valence-corrected chi connectivity index (χ1v) is 11.6. The fourth-order valence-electron chi connectivity index (χ4n) is 3.88. The first-order chi connectivity index (χ1) is 16.8. The van der Waals surface area contributed by atoms with E-state index in [0.29, 0.717) is 36.1 Å². The molecule has 2 N–H and O–H groups in total. The molecule has 0 bridgehead atoms. The molecule has 184 valence electrons.